The number of rotatable bonds is 3. The summed E-state index contributed by atoms with van der Waals surface area (Å²) in [6.45, 7) is 11.1. The van der Waals surface area contributed by atoms with Crippen LogP contribution in [-0.4, -0.2) is 40.6 Å². The number of anilines is 1. The lowest BCUT2D eigenvalue weighted by Crippen LogP contribution is -2.47. The number of benzene rings is 2. The predicted molar refractivity (Wildman–Crippen MR) is 134 cm³/mol. The van der Waals surface area contributed by atoms with Gasteiger partial charge in [-0.2, -0.15) is 0 Å². The number of amides is 2. The van der Waals surface area contributed by atoms with E-state index in [0.717, 1.165) is 15.6 Å². The van der Waals surface area contributed by atoms with Crippen LogP contribution in [0.15, 0.2) is 46.9 Å². The van der Waals surface area contributed by atoms with Crippen LogP contribution in [0.4, 0.5) is 10.5 Å². The van der Waals surface area contributed by atoms with Crippen LogP contribution >= 0.6 is 15.9 Å². The molecule has 2 aromatic rings. The van der Waals surface area contributed by atoms with E-state index in [2.05, 4.69) is 21.2 Å². The average molecular weight is 531 g/mol. The molecule has 0 unspecified atom stereocenters. The lowest BCUT2D eigenvalue weighted by Gasteiger charge is -2.37. The van der Waals surface area contributed by atoms with Crippen molar-refractivity contribution in [3.63, 3.8) is 0 Å². The van der Waals surface area contributed by atoms with Crippen LogP contribution in [0, 0.1) is 0 Å². The van der Waals surface area contributed by atoms with Crippen LogP contribution < -0.4 is 5.32 Å². The Hall–Kier alpha value is -2.87. The Labute approximate surface area is 208 Å². The number of carbonyl (C=O) groups excluding carboxylic acids is 3. The summed E-state index contributed by atoms with van der Waals surface area (Å²) in [5.41, 5.74) is 1.33. The molecule has 182 valence electrons. The highest BCUT2D eigenvalue weighted by Gasteiger charge is 2.38. The maximum Gasteiger partial charge on any atom is 0.411 e. The Bertz CT molecular complexity index is 1080. The number of nitrogens with zero attached hydrogens (tertiary/aromatic N) is 1. The molecule has 2 amide bonds. The van der Waals surface area contributed by atoms with Gasteiger partial charge in [-0.1, -0.05) is 28.1 Å². The van der Waals surface area contributed by atoms with Gasteiger partial charge in [0.25, 0.3) is 5.91 Å². The number of ether oxygens (including phenoxy) is 2. The van der Waals surface area contributed by atoms with Crippen LogP contribution in [-0.2, 0) is 20.7 Å². The van der Waals surface area contributed by atoms with Gasteiger partial charge >= 0.3 is 12.1 Å². The molecule has 0 fully saturated rings. The van der Waals surface area contributed by atoms with Crippen molar-refractivity contribution in [1.29, 1.82) is 0 Å². The number of hydrogen-bond acceptors (Lipinski definition) is 5. The normalized spacial score (nSPS) is 15.9. The van der Waals surface area contributed by atoms with Gasteiger partial charge in [0.1, 0.15) is 17.2 Å². The van der Waals surface area contributed by atoms with Crippen LogP contribution in [0.25, 0.3) is 0 Å². The van der Waals surface area contributed by atoms with E-state index in [1.54, 1.807) is 65.8 Å². The number of esters is 1. The van der Waals surface area contributed by atoms with Crippen molar-refractivity contribution in [3.05, 3.63) is 63.6 Å². The molecule has 3 rings (SSSR count). The van der Waals surface area contributed by atoms with E-state index < -0.39 is 29.3 Å². The maximum absolute atomic E-state index is 13.5. The second-order valence-electron chi connectivity index (χ2n) is 10.2. The van der Waals surface area contributed by atoms with E-state index in [0.29, 0.717) is 24.2 Å². The molecule has 7 nitrogen and oxygen atoms in total. The Morgan fingerprint density at radius 3 is 2.15 bits per heavy atom. The summed E-state index contributed by atoms with van der Waals surface area (Å²) in [5, 5.41) is 2.88. The van der Waals surface area contributed by atoms with Gasteiger partial charge in [-0.05, 0) is 89.4 Å². The maximum atomic E-state index is 13.5. The first-order valence-corrected chi connectivity index (χ1v) is 12.0. The highest BCUT2D eigenvalue weighted by molar-refractivity contribution is 9.10. The van der Waals surface area contributed by atoms with Gasteiger partial charge in [0.2, 0.25) is 0 Å². The Morgan fingerprint density at radius 1 is 0.941 bits per heavy atom. The van der Waals surface area contributed by atoms with Crippen molar-refractivity contribution in [2.45, 2.75) is 65.2 Å². The molecule has 0 spiro atoms. The zero-order chi connectivity index (χ0) is 25.3. The van der Waals surface area contributed by atoms with E-state index in [4.69, 9.17) is 9.47 Å². The molecule has 1 atom stereocenters. The summed E-state index contributed by atoms with van der Waals surface area (Å²) >= 11 is 3.56. The number of carbonyl (C=O) groups is 3. The topological polar surface area (TPSA) is 84.9 Å². The monoisotopic (exact) mass is 530 g/mol. The summed E-state index contributed by atoms with van der Waals surface area (Å²) in [6.07, 6.45) is 0.0585. The molecule has 8 heteroatoms. The summed E-state index contributed by atoms with van der Waals surface area (Å²) in [4.78, 5) is 40.2. The molecule has 0 aliphatic carbocycles. The van der Waals surface area contributed by atoms with Crippen molar-refractivity contribution in [1.82, 2.24) is 4.90 Å². The Balaban J connectivity index is 1.85. The molecule has 2 aromatic carbocycles. The molecule has 34 heavy (non-hydrogen) atoms. The zero-order valence-electron chi connectivity index (χ0n) is 20.4. The van der Waals surface area contributed by atoms with Crippen molar-refractivity contribution < 1.29 is 23.9 Å². The first-order valence-electron chi connectivity index (χ1n) is 11.2. The Kier molecular flexibility index (Phi) is 7.41. The first-order chi connectivity index (χ1) is 15.7. The number of fused-ring (bicyclic) bond motifs is 1. The number of nitrogens with one attached hydrogen (secondary N) is 1. The number of hydrogen-bond donors (Lipinski definition) is 1. The minimum atomic E-state index is -0.860. The SMILES string of the molecule is CC(C)(C)OC(=O)c1ccc(NC(=O)[C@@H]2c3cccc(Br)c3CCN2C(=O)OC(C)(C)C)cc1. The molecule has 0 saturated carbocycles. The predicted octanol–water partition coefficient (Wildman–Crippen LogP) is 5.88. The van der Waals surface area contributed by atoms with Gasteiger partial charge in [-0.3, -0.25) is 9.69 Å². The third-order valence-corrected chi connectivity index (χ3v) is 5.77. The van der Waals surface area contributed by atoms with Crippen LogP contribution in [0.5, 0.6) is 0 Å². The lowest BCUT2D eigenvalue weighted by molar-refractivity contribution is -0.122. The fourth-order valence-electron chi connectivity index (χ4n) is 3.66. The highest BCUT2D eigenvalue weighted by atomic mass is 79.9. The quantitative estimate of drug-likeness (QED) is 0.501. The molecule has 1 N–H and O–H groups in total. The van der Waals surface area contributed by atoms with E-state index in [-0.39, 0.29) is 5.91 Å². The van der Waals surface area contributed by atoms with Crippen molar-refractivity contribution in [2.24, 2.45) is 0 Å². The molecular weight excluding hydrogens is 500 g/mol. The minimum Gasteiger partial charge on any atom is -0.456 e. The molecular formula is C26H31BrN2O5. The smallest absolute Gasteiger partial charge is 0.411 e. The second-order valence-corrected chi connectivity index (χ2v) is 11.1. The fraction of sp³-hybridized carbons (Fsp3) is 0.423. The van der Waals surface area contributed by atoms with E-state index >= 15 is 0 Å². The molecule has 1 aliphatic heterocycles. The van der Waals surface area contributed by atoms with E-state index in [1.165, 1.54) is 4.90 Å². The van der Waals surface area contributed by atoms with Gasteiger partial charge < -0.3 is 14.8 Å². The highest BCUT2D eigenvalue weighted by Crippen LogP contribution is 2.35. The molecule has 1 aliphatic rings. The minimum absolute atomic E-state index is 0.347. The summed E-state index contributed by atoms with van der Waals surface area (Å²) in [5.74, 6) is -0.803. The van der Waals surface area contributed by atoms with Gasteiger partial charge in [-0.15, -0.1) is 0 Å². The first kappa shape index (κ1) is 25.7. The Morgan fingerprint density at radius 2 is 1.56 bits per heavy atom. The summed E-state index contributed by atoms with van der Waals surface area (Å²) in [7, 11) is 0. The molecule has 0 radical (unpaired) electrons. The molecule has 1 heterocycles. The van der Waals surface area contributed by atoms with Gasteiger partial charge in [0.05, 0.1) is 5.56 Å². The number of halogens is 1. The molecule has 0 bridgehead atoms. The van der Waals surface area contributed by atoms with Gasteiger partial charge in [0, 0.05) is 16.7 Å². The van der Waals surface area contributed by atoms with Crippen LogP contribution in [0.1, 0.15) is 69.1 Å². The third kappa shape index (κ3) is 6.38. The molecule has 0 saturated heterocycles. The molecule has 0 aromatic heterocycles. The largest absolute Gasteiger partial charge is 0.456 e. The third-order valence-electron chi connectivity index (χ3n) is 5.03. The van der Waals surface area contributed by atoms with Gasteiger partial charge in [-0.25, -0.2) is 9.59 Å². The average Bonchev–Trinajstić information content (AvgIpc) is 2.71. The summed E-state index contributed by atoms with van der Waals surface area (Å²) < 4.78 is 11.9. The zero-order valence-corrected chi connectivity index (χ0v) is 22.0. The van der Waals surface area contributed by atoms with E-state index in [1.807, 2.05) is 18.2 Å². The van der Waals surface area contributed by atoms with E-state index in [9.17, 15) is 14.4 Å². The van der Waals surface area contributed by atoms with Crippen LogP contribution in [0.2, 0.25) is 0 Å². The lowest BCUT2D eigenvalue weighted by atomic mass is 9.92. The van der Waals surface area contributed by atoms with Crippen molar-refractivity contribution >= 4 is 39.6 Å². The van der Waals surface area contributed by atoms with Gasteiger partial charge in [0.15, 0.2) is 0 Å². The fourth-order valence-corrected chi connectivity index (χ4v) is 4.24. The van der Waals surface area contributed by atoms with Crippen LogP contribution in [0.3, 0.4) is 0 Å². The summed E-state index contributed by atoms with van der Waals surface area (Å²) in [6, 6.07) is 11.2. The second kappa shape index (κ2) is 9.78. The van der Waals surface area contributed by atoms with Crippen molar-refractivity contribution in [3.8, 4) is 0 Å². The standard InChI is InChI=1S/C26H31BrN2O5/c1-25(2,3)33-23(31)16-10-12-17(13-11-16)28-22(30)21-19-8-7-9-20(27)18(19)14-15-29(21)24(32)34-26(4,5)6/h7-13,21H,14-15H2,1-6H3,(H,28,30)/t21-/m0/s1. The van der Waals surface area contributed by atoms with Crippen molar-refractivity contribution in [2.75, 3.05) is 11.9 Å².